The molecule has 0 fully saturated rings. The van der Waals surface area contributed by atoms with Crippen LogP contribution in [0.1, 0.15) is 29.7 Å². The van der Waals surface area contributed by atoms with Crippen molar-refractivity contribution < 1.29 is 9.53 Å². The first kappa shape index (κ1) is 18.3. The summed E-state index contributed by atoms with van der Waals surface area (Å²) in [5, 5.41) is 2.96. The van der Waals surface area contributed by atoms with Gasteiger partial charge in [0, 0.05) is 18.5 Å². The third-order valence-electron chi connectivity index (χ3n) is 3.95. The quantitative estimate of drug-likeness (QED) is 0.660. The number of nitrogens with zero attached hydrogens (tertiary/aromatic N) is 2. The molecule has 136 valence electrons. The van der Waals surface area contributed by atoms with Gasteiger partial charge in [-0.05, 0) is 43.2 Å². The van der Waals surface area contributed by atoms with Crippen LogP contribution in [0.25, 0.3) is 6.08 Å². The second-order valence-electron chi connectivity index (χ2n) is 6.20. The zero-order valence-electron chi connectivity index (χ0n) is 15.3. The molecule has 1 N–H and O–H groups in total. The highest BCUT2D eigenvalue weighted by molar-refractivity contribution is 5.92. The van der Waals surface area contributed by atoms with Gasteiger partial charge in [-0.2, -0.15) is 0 Å². The van der Waals surface area contributed by atoms with Crippen molar-refractivity contribution in [1.82, 2.24) is 15.3 Å². The highest BCUT2D eigenvalue weighted by atomic mass is 16.5. The number of aryl methyl sites for hydroxylation is 1. The maximum atomic E-state index is 12.2. The lowest BCUT2D eigenvalue weighted by atomic mass is 10.1. The standard InChI is InChI=1S/C22H21N3O2/c1-16-5-3-6-18(13-16)9-10-21(26)25-17(2)19-7-4-8-20(14-19)27-22-15-23-11-12-24-22/h3-15,17H,1-2H3,(H,25,26)/b10-9-/t17-/m0/s1. The Labute approximate surface area is 158 Å². The predicted octanol–water partition coefficient (Wildman–Crippen LogP) is 4.47. The van der Waals surface area contributed by atoms with Crippen LogP contribution >= 0.6 is 0 Å². The van der Waals surface area contributed by atoms with Gasteiger partial charge in [-0.3, -0.25) is 9.78 Å². The maximum absolute atomic E-state index is 12.2. The Morgan fingerprint density at radius 3 is 2.78 bits per heavy atom. The lowest BCUT2D eigenvalue weighted by Gasteiger charge is -2.14. The largest absolute Gasteiger partial charge is 0.437 e. The second-order valence-corrected chi connectivity index (χ2v) is 6.20. The molecule has 1 heterocycles. The monoisotopic (exact) mass is 359 g/mol. The first-order valence-electron chi connectivity index (χ1n) is 8.69. The van der Waals surface area contributed by atoms with Gasteiger partial charge in [-0.1, -0.05) is 42.0 Å². The van der Waals surface area contributed by atoms with Gasteiger partial charge in [0.15, 0.2) is 0 Å². The van der Waals surface area contributed by atoms with E-state index in [2.05, 4.69) is 15.3 Å². The minimum atomic E-state index is -0.162. The molecular weight excluding hydrogens is 338 g/mol. The first-order valence-corrected chi connectivity index (χ1v) is 8.69. The van der Waals surface area contributed by atoms with Crippen LogP contribution in [0.5, 0.6) is 11.6 Å². The van der Waals surface area contributed by atoms with E-state index in [0.29, 0.717) is 11.6 Å². The van der Waals surface area contributed by atoms with E-state index in [4.69, 9.17) is 4.74 Å². The highest BCUT2D eigenvalue weighted by Gasteiger charge is 2.09. The molecule has 0 saturated carbocycles. The van der Waals surface area contributed by atoms with Gasteiger partial charge in [-0.25, -0.2) is 4.98 Å². The van der Waals surface area contributed by atoms with Crippen molar-refractivity contribution in [1.29, 1.82) is 0 Å². The van der Waals surface area contributed by atoms with Gasteiger partial charge in [0.1, 0.15) is 5.75 Å². The minimum Gasteiger partial charge on any atom is -0.437 e. The average Bonchev–Trinajstić information content (AvgIpc) is 2.67. The molecule has 0 bridgehead atoms. The van der Waals surface area contributed by atoms with Gasteiger partial charge in [0.2, 0.25) is 11.8 Å². The van der Waals surface area contributed by atoms with Crippen molar-refractivity contribution in [3.63, 3.8) is 0 Å². The molecule has 5 heteroatoms. The summed E-state index contributed by atoms with van der Waals surface area (Å²) in [5.74, 6) is 0.918. The second kappa shape index (κ2) is 8.76. The molecular formula is C22H21N3O2. The van der Waals surface area contributed by atoms with E-state index in [1.807, 2.05) is 68.5 Å². The molecule has 0 unspecified atom stereocenters. The van der Waals surface area contributed by atoms with Crippen molar-refractivity contribution in [2.75, 3.05) is 0 Å². The molecule has 1 atom stereocenters. The number of nitrogens with one attached hydrogen (secondary N) is 1. The summed E-state index contributed by atoms with van der Waals surface area (Å²) in [6, 6.07) is 15.4. The zero-order chi connectivity index (χ0) is 19.1. The molecule has 3 rings (SSSR count). The van der Waals surface area contributed by atoms with Crippen LogP contribution in [0, 0.1) is 6.92 Å². The van der Waals surface area contributed by atoms with Gasteiger partial charge >= 0.3 is 0 Å². The number of rotatable bonds is 6. The summed E-state index contributed by atoms with van der Waals surface area (Å²) in [6.07, 6.45) is 8.07. The molecule has 0 aliphatic heterocycles. The van der Waals surface area contributed by atoms with Crippen molar-refractivity contribution in [3.8, 4) is 11.6 Å². The molecule has 1 amide bonds. The lowest BCUT2D eigenvalue weighted by Crippen LogP contribution is -2.24. The zero-order valence-corrected chi connectivity index (χ0v) is 15.3. The Morgan fingerprint density at radius 2 is 2.00 bits per heavy atom. The van der Waals surface area contributed by atoms with Crippen LogP contribution < -0.4 is 10.1 Å². The van der Waals surface area contributed by atoms with Crippen molar-refractivity contribution >= 4 is 12.0 Å². The van der Waals surface area contributed by atoms with E-state index in [-0.39, 0.29) is 11.9 Å². The number of amides is 1. The molecule has 1 aromatic heterocycles. The first-order chi connectivity index (χ1) is 13.1. The summed E-state index contributed by atoms with van der Waals surface area (Å²) < 4.78 is 5.69. The number of aromatic nitrogens is 2. The number of ether oxygens (including phenoxy) is 1. The van der Waals surface area contributed by atoms with E-state index < -0.39 is 0 Å². The molecule has 0 aliphatic carbocycles. The van der Waals surface area contributed by atoms with Crippen LogP contribution in [0.2, 0.25) is 0 Å². The molecule has 0 saturated heterocycles. The molecule has 27 heavy (non-hydrogen) atoms. The van der Waals surface area contributed by atoms with Gasteiger partial charge in [-0.15, -0.1) is 0 Å². The van der Waals surface area contributed by atoms with Crippen molar-refractivity contribution in [3.05, 3.63) is 89.9 Å². The summed E-state index contributed by atoms with van der Waals surface area (Å²) in [4.78, 5) is 20.3. The van der Waals surface area contributed by atoms with Gasteiger partial charge in [0.05, 0.1) is 12.2 Å². The van der Waals surface area contributed by atoms with Gasteiger partial charge < -0.3 is 10.1 Å². The topological polar surface area (TPSA) is 64.1 Å². The van der Waals surface area contributed by atoms with Crippen LogP contribution in [0.4, 0.5) is 0 Å². The average molecular weight is 359 g/mol. The predicted molar refractivity (Wildman–Crippen MR) is 105 cm³/mol. The number of hydrogen-bond acceptors (Lipinski definition) is 4. The Balaban J connectivity index is 1.62. The molecule has 0 spiro atoms. The summed E-state index contributed by atoms with van der Waals surface area (Å²) >= 11 is 0. The number of carbonyl (C=O) groups is 1. The third kappa shape index (κ3) is 5.51. The molecule has 3 aromatic rings. The lowest BCUT2D eigenvalue weighted by molar-refractivity contribution is -0.117. The smallest absolute Gasteiger partial charge is 0.244 e. The van der Waals surface area contributed by atoms with Crippen molar-refractivity contribution in [2.45, 2.75) is 19.9 Å². The number of carbonyl (C=O) groups excluding carboxylic acids is 1. The Morgan fingerprint density at radius 1 is 1.15 bits per heavy atom. The fourth-order valence-electron chi connectivity index (χ4n) is 2.60. The van der Waals surface area contributed by atoms with Gasteiger partial charge in [0.25, 0.3) is 0 Å². The third-order valence-corrected chi connectivity index (χ3v) is 3.95. The van der Waals surface area contributed by atoms with Crippen LogP contribution in [0.15, 0.2) is 73.2 Å². The minimum absolute atomic E-state index is 0.149. The molecule has 0 radical (unpaired) electrons. The molecule has 0 aliphatic rings. The van der Waals surface area contributed by atoms with E-state index >= 15 is 0 Å². The number of hydrogen-bond donors (Lipinski definition) is 1. The highest BCUT2D eigenvalue weighted by Crippen LogP contribution is 2.22. The van der Waals surface area contributed by atoms with Crippen LogP contribution in [-0.2, 0) is 4.79 Å². The Hall–Kier alpha value is -3.47. The molecule has 2 aromatic carbocycles. The number of benzene rings is 2. The van der Waals surface area contributed by atoms with E-state index in [0.717, 1.165) is 16.7 Å². The summed E-state index contributed by atoms with van der Waals surface area (Å²) in [7, 11) is 0. The van der Waals surface area contributed by atoms with Crippen LogP contribution in [-0.4, -0.2) is 15.9 Å². The van der Waals surface area contributed by atoms with E-state index in [1.165, 1.54) is 0 Å². The fourth-order valence-corrected chi connectivity index (χ4v) is 2.60. The van der Waals surface area contributed by atoms with Crippen molar-refractivity contribution in [2.24, 2.45) is 0 Å². The van der Waals surface area contributed by atoms with E-state index in [1.54, 1.807) is 24.7 Å². The Kier molecular flexibility index (Phi) is 5.94. The van der Waals surface area contributed by atoms with Crippen LogP contribution in [0.3, 0.4) is 0 Å². The SMILES string of the molecule is Cc1cccc(/C=C\C(=O)N[C@@H](C)c2cccc(Oc3cnccn3)c2)c1. The van der Waals surface area contributed by atoms with E-state index in [9.17, 15) is 4.79 Å². The fraction of sp³-hybridized carbons (Fsp3) is 0.136. The Bertz CT molecular complexity index is 939. The molecule has 5 nitrogen and oxygen atoms in total. The normalized spacial score (nSPS) is 11.9. The maximum Gasteiger partial charge on any atom is 0.244 e. The summed E-state index contributed by atoms with van der Waals surface area (Å²) in [6.45, 7) is 3.95. The summed E-state index contributed by atoms with van der Waals surface area (Å²) in [5.41, 5.74) is 3.09.